The number of halogens is 5. The number of nitrogens with zero attached hydrogens (tertiary/aromatic N) is 3. The lowest BCUT2D eigenvalue weighted by Gasteiger charge is -2.20. The van der Waals surface area contributed by atoms with E-state index in [1.54, 1.807) is 17.5 Å². The van der Waals surface area contributed by atoms with Crippen LogP contribution < -0.4 is 0 Å². The zero-order valence-corrected chi connectivity index (χ0v) is 11.8. The molecule has 0 bridgehead atoms. The largest absolute Gasteiger partial charge is 0.459 e. The van der Waals surface area contributed by atoms with E-state index < -0.39 is 17.8 Å². The average molecular weight is 333 g/mol. The van der Waals surface area contributed by atoms with E-state index in [1.165, 1.54) is 24.3 Å². The fraction of sp³-hybridized carbons (Fsp3) is 0.231. The summed E-state index contributed by atoms with van der Waals surface area (Å²) in [4.78, 5) is 4.61. The third-order valence-corrected chi connectivity index (χ3v) is 3.89. The molecule has 9 heteroatoms. The first kappa shape index (κ1) is 14.9. The summed E-state index contributed by atoms with van der Waals surface area (Å²) in [5, 5.41) is 5.38. The van der Waals surface area contributed by atoms with Crippen LogP contribution in [0, 0.1) is 6.92 Å². The molecule has 0 aromatic carbocycles. The summed E-state index contributed by atoms with van der Waals surface area (Å²) in [6.07, 6.45) is -5.71. The lowest BCUT2D eigenvalue weighted by molar-refractivity contribution is -0.291. The Bertz CT molecular complexity index is 820. The van der Waals surface area contributed by atoms with Gasteiger partial charge in [0.15, 0.2) is 5.65 Å². The van der Waals surface area contributed by atoms with Crippen LogP contribution in [-0.2, 0) is 5.92 Å². The molecule has 0 amide bonds. The van der Waals surface area contributed by atoms with Gasteiger partial charge < -0.3 is 0 Å². The van der Waals surface area contributed by atoms with Gasteiger partial charge in [-0.3, -0.25) is 0 Å². The van der Waals surface area contributed by atoms with Crippen LogP contribution in [0.25, 0.3) is 16.2 Å². The predicted octanol–water partition coefficient (Wildman–Crippen LogP) is 4.42. The molecule has 0 aliphatic rings. The molecule has 3 nitrogen and oxygen atoms in total. The Labute approximate surface area is 125 Å². The summed E-state index contributed by atoms with van der Waals surface area (Å²) < 4.78 is 66.3. The molecule has 3 rings (SSSR count). The van der Waals surface area contributed by atoms with Crippen LogP contribution in [0.3, 0.4) is 0 Å². The highest BCUT2D eigenvalue weighted by Gasteiger charge is 2.60. The van der Waals surface area contributed by atoms with Gasteiger partial charge in [-0.2, -0.15) is 27.1 Å². The molecule has 0 spiro atoms. The van der Waals surface area contributed by atoms with E-state index in [0.29, 0.717) is 15.1 Å². The molecule has 3 heterocycles. The van der Waals surface area contributed by atoms with Crippen molar-refractivity contribution in [2.24, 2.45) is 0 Å². The first-order chi connectivity index (χ1) is 10.2. The molecule has 0 aliphatic carbocycles. The fourth-order valence-corrected chi connectivity index (χ4v) is 2.69. The van der Waals surface area contributed by atoms with Crippen molar-refractivity contribution >= 4 is 17.0 Å². The first-order valence-corrected chi connectivity index (χ1v) is 6.94. The molecule has 3 aromatic heterocycles. The molecule has 0 radical (unpaired) electrons. The first-order valence-electron chi connectivity index (χ1n) is 6.06. The average Bonchev–Trinajstić information content (AvgIpc) is 3.02. The molecular formula is C13H8F5N3S. The second kappa shape index (κ2) is 4.73. The lowest BCUT2D eigenvalue weighted by Crippen LogP contribution is -2.35. The topological polar surface area (TPSA) is 30.2 Å². The zero-order valence-electron chi connectivity index (χ0n) is 11.0. The van der Waals surface area contributed by atoms with Gasteiger partial charge in [0.2, 0.25) is 0 Å². The minimum atomic E-state index is -5.71. The summed E-state index contributed by atoms with van der Waals surface area (Å²) in [5.74, 6) is -5.03. The van der Waals surface area contributed by atoms with Crippen LogP contribution in [0.4, 0.5) is 22.0 Å². The van der Waals surface area contributed by atoms with Crippen molar-refractivity contribution in [3.8, 4) is 10.6 Å². The number of aromatic nitrogens is 3. The van der Waals surface area contributed by atoms with Crippen LogP contribution in [0.5, 0.6) is 0 Å². The van der Waals surface area contributed by atoms with Crippen molar-refractivity contribution in [2.45, 2.75) is 19.0 Å². The maximum absolute atomic E-state index is 13.8. The van der Waals surface area contributed by atoms with Crippen LogP contribution in [0.2, 0.25) is 0 Å². The molecule has 3 aromatic rings. The van der Waals surface area contributed by atoms with E-state index in [1.807, 2.05) is 0 Å². The van der Waals surface area contributed by atoms with Gasteiger partial charge in [0.25, 0.3) is 0 Å². The van der Waals surface area contributed by atoms with Crippen molar-refractivity contribution in [1.82, 2.24) is 14.6 Å². The van der Waals surface area contributed by atoms with E-state index in [4.69, 9.17) is 0 Å². The van der Waals surface area contributed by atoms with Crippen molar-refractivity contribution in [1.29, 1.82) is 0 Å². The third kappa shape index (κ3) is 2.25. The van der Waals surface area contributed by atoms with E-state index in [9.17, 15) is 22.0 Å². The van der Waals surface area contributed by atoms with Gasteiger partial charge >= 0.3 is 12.1 Å². The maximum Gasteiger partial charge on any atom is 0.459 e. The smallest absolute Gasteiger partial charge is 0.228 e. The van der Waals surface area contributed by atoms with Gasteiger partial charge in [0.1, 0.15) is 5.69 Å². The van der Waals surface area contributed by atoms with Gasteiger partial charge in [0.05, 0.1) is 16.3 Å². The standard InChI is InChI=1S/C13H8F5N3S/c1-7-5-11-19-8(9-3-2-4-22-9)6-10(21(11)20-7)12(14,15)13(16,17)18/h2-6H,1H3. The monoisotopic (exact) mass is 333 g/mol. The minimum absolute atomic E-state index is 0.0534. The molecule has 0 saturated carbocycles. The fourth-order valence-electron chi connectivity index (χ4n) is 2.01. The van der Waals surface area contributed by atoms with Crippen molar-refractivity contribution in [3.05, 3.63) is 41.0 Å². The normalized spacial score (nSPS) is 13.0. The Kier molecular flexibility index (Phi) is 3.20. The SMILES string of the molecule is Cc1cc2nc(-c3cccs3)cc(C(F)(F)C(F)(F)F)n2n1. The second-order valence-electron chi connectivity index (χ2n) is 4.63. The van der Waals surface area contributed by atoms with Crippen molar-refractivity contribution in [3.63, 3.8) is 0 Å². The molecule has 0 unspecified atom stereocenters. The Morgan fingerprint density at radius 3 is 2.45 bits per heavy atom. The number of alkyl halides is 5. The molecule has 0 fully saturated rings. The Hall–Kier alpha value is -2.03. The molecule has 0 N–H and O–H groups in total. The maximum atomic E-state index is 13.8. The Morgan fingerprint density at radius 1 is 1.14 bits per heavy atom. The number of hydrogen-bond acceptors (Lipinski definition) is 3. The van der Waals surface area contributed by atoms with Gasteiger partial charge in [-0.25, -0.2) is 9.50 Å². The second-order valence-corrected chi connectivity index (χ2v) is 5.58. The summed E-state index contributed by atoms with van der Waals surface area (Å²) >= 11 is 1.20. The van der Waals surface area contributed by atoms with Crippen molar-refractivity contribution in [2.75, 3.05) is 0 Å². The van der Waals surface area contributed by atoms with E-state index in [0.717, 1.165) is 6.07 Å². The van der Waals surface area contributed by atoms with E-state index >= 15 is 0 Å². The molecular weight excluding hydrogens is 325 g/mol. The highest BCUT2D eigenvalue weighted by atomic mass is 32.1. The highest BCUT2D eigenvalue weighted by molar-refractivity contribution is 7.13. The molecule has 22 heavy (non-hydrogen) atoms. The minimum Gasteiger partial charge on any atom is -0.228 e. The molecule has 0 saturated heterocycles. The van der Waals surface area contributed by atoms with E-state index in [-0.39, 0.29) is 11.3 Å². The molecule has 0 atom stereocenters. The number of rotatable bonds is 2. The lowest BCUT2D eigenvalue weighted by atomic mass is 10.2. The van der Waals surface area contributed by atoms with Gasteiger partial charge in [-0.1, -0.05) is 6.07 Å². The Balaban J connectivity index is 2.32. The van der Waals surface area contributed by atoms with Gasteiger partial charge in [0, 0.05) is 6.07 Å². The molecule has 0 aliphatic heterocycles. The highest BCUT2D eigenvalue weighted by Crippen LogP contribution is 2.44. The van der Waals surface area contributed by atoms with Crippen LogP contribution in [0.1, 0.15) is 11.4 Å². The predicted molar refractivity (Wildman–Crippen MR) is 71.0 cm³/mol. The summed E-state index contributed by atoms with van der Waals surface area (Å²) in [6, 6.07) is 5.35. The summed E-state index contributed by atoms with van der Waals surface area (Å²) in [6.45, 7) is 1.50. The quantitative estimate of drug-likeness (QED) is 0.650. The molecule has 116 valence electrons. The van der Waals surface area contributed by atoms with E-state index in [2.05, 4.69) is 10.1 Å². The Morgan fingerprint density at radius 2 is 1.86 bits per heavy atom. The number of fused-ring (bicyclic) bond motifs is 1. The van der Waals surface area contributed by atoms with Crippen LogP contribution >= 0.6 is 11.3 Å². The number of aryl methyl sites for hydroxylation is 1. The summed E-state index contributed by atoms with van der Waals surface area (Å²) in [5.41, 5.74) is -0.944. The summed E-state index contributed by atoms with van der Waals surface area (Å²) in [7, 11) is 0. The van der Waals surface area contributed by atoms with Gasteiger partial charge in [-0.05, 0) is 24.4 Å². The van der Waals surface area contributed by atoms with Crippen molar-refractivity contribution < 1.29 is 22.0 Å². The van der Waals surface area contributed by atoms with Crippen LogP contribution in [-0.4, -0.2) is 20.8 Å². The number of thiophene rings is 1. The van der Waals surface area contributed by atoms with Gasteiger partial charge in [-0.15, -0.1) is 11.3 Å². The van der Waals surface area contributed by atoms with Crippen LogP contribution in [0.15, 0.2) is 29.6 Å². The number of hydrogen-bond donors (Lipinski definition) is 0. The third-order valence-electron chi connectivity index (χ3n) is 3.00. The zero-order chi connectivity index (χ0) is 16.1.